The van der Waals surface area contributed by atoms with E-state index >= 15 is 0 Å². The van der Waals surface area contributed by atoms with Gasteiger partial charge in [0.2, 0.25) is 5.91 Å². The molecule has 0 saturated carbocycles. The van der Waals surface area contributed by atoms with Gasteiger partial charge in [-0.3, -0.25) is 4.79 Å². The molecule has 0 atom stereocenters. The molecule has 0 spiro atoms. The predicted octanol–water partition coefficient (Wildman–Crippen LogP) is 4.79. The number of aromatic nitrogens is 1. The molecule has 0 unspecified atom stereocenters. The van der Waals surface area contributed by atoms with Crippen LogP contribution in [0.5, 0.6) is 5.75 Å². The molecule has 4 aromatic rings. The molecule has 3 aromatic carbocycles. The average molecular weight is 408 g/mol. The summed E-state index contributed by atoms with van der Waals surface area (Å²) < 4.78 is 2.10. The summed E-state index contributed by atoms with van der Waals surface area (Å²) in [6.45, 7) is 0. The van der Waals surface area contributed by atoms with Gasteiger partial charge in [-0.05, 0) is 29.0 Å². The summed E-state index contributed by atoms with van der Waals surface area (Å²) in [7, 11) is 0. The maximum Gasteiger partial charge on any atom is 0.240 e. The SMILES string of the molecule is O=C(CCSc1nc2ccccc2s1)N/N=C/c1c(O)ccc2ccccc12. The molecule has 0 aliphatic rings. The van der Waals surface area contributed by atoms with E-state index in [9.17, 15) is 9.90 Å². The van der Waals surface area contributed by atoms with Gasteiger partial charge in [0.05, 0.1) is 16.4 Å². The van der Waals surface area contributed by atoms with Gasteiger partial charge in [0, 0.05) is 17.7 Å². The molecular formula is C21H17N3O2S2. The van der Waals surface area contributed by atoms with Crippen LogP contribution in [0.25, 0.3) is 21.0 Å². The van der Waals surface area contributed by atoms with E-state index in [1.54, 1.807) is 29.2 Å². The summed E-state index contributed by atoms with van der Waals surface area (Å²) in [4.78, 5) is 16.6. The number of thioether (sulfide) groups is 1. The predicted molar refractivity (Wildman–Crippen MR) is 116 cm³/mol. The van der Waals surface area contributed by atoms with E-state index in [-0.39, 0.29) is 11.7 Å². The van der Waals surface area contributed by atoms with Crippen LogP contribution >= 0.6 is 23.1 Å². The smallest absolute Gasteiger partial charge is 0.240 e. The Morgan fingerprint density at radius 2 is 1.96 bits per heavy atom. The summed E-state index contributed by atoms with van der Waals surface area (Å²) >= 11 is 3.19. The third-order valence-electron chi connectivity index (χ3n) is 4.16. The van der Waals surface area contributed by atoms with E-state index < -0.39 is 0 Å². The fraction of sp³-hybridized carbons (Fsp3) is 0.0952. The van der Waals surface area contributed by atoms with Gasteiger partial charge in [-0.15, -0.1) is 11.3 Å². The number of hydrogen-bond acceptors (Lipinski definition) is 6. The van der Waals surface area contributed by atoms with Crippen molar-refractivity contribution in [3.05, 3.63) is 66.2 Å². The van der Waals surface area contributed by atoms with Crippen LogP contribution in [0.1, 0.15) is 12.0 Å². The van der Waals surface area contributed by atoms with Crippen molar-refractivity contribution in [1.82, 2.24) is 10.4 Å². The number of phenols is 1. The van der Waals surface area contributed by atoms with E-state index in [0.717, 1.165) is 25.3 Å². The molecule has 0 saturated heterocycles. The van der Waals surface area contributed by atoms with Crippen molar-refractivity contribution >= 4 is 56.2 Å². The fourth-order valence-electron chi connectivity index (χ4n) is 2.79. The number of carbonyl (C=O) groups excluding carboxylic acids is 1. The van der Waals surface area contributed by atoms with Crippen molar-refractivity contribution in [2.24, 2.45) is 5.10 Å². The van der Waals surface area contributed by atoms with Gasteiger partial charge in [0.15, 0.2) is 4.34 Å². The van der Waals surface area contributed by atoms with E-state index in [2.05, 4.69) is 15.5 Å². The van der Waals surface area contributed by atoms with E-state index in [1.807, 2.05) is 54.6 Å². The lowest BCUT2D eigenvalue weighted by Gasteiger charge is -2.04. The first-order valence-electron chi connectivity index (χ1n) is 8.72. The Bertz CT molecular complexity index is 1140. The molecule has 4 rings (SSSR count). The number of nitrogens with zero attached hydrogens (tertiary/aromatic N) is 2. The standard InChI is InChI=1S/C21H17N3O2S2/c25-18-10-9-14-5-1-2-6-15(14)16(18)13-22-24-20(26)11-12-27-21-23-17-7-3-4-8-19(17)28-21/h1-10,13,25H,11-12H2,(H,24,26)/b22-13+. The molecule has 1 amide bonds. The highest BCUT2D eigenvalue weighted by molar-refractivity contribution is 8.01. The zero-order valence-electron chi connectivity index (χ0n) is 14.8. The van der Waals surface area contributed by atoms with Crippen molar-refractivity contribution in [2.75, 3.05) is 5.75 Å². The van der Waals surface area contributed by atoms with Crippen molar-refractivity contribution in [3.8, 4) is 5.75 Å². The highest BCUT2D eigenvalue weighted by Crippen LogP contribution is 2.29. The Kier molecular flexibility index (Phi) is 5.55. The second-order valence-corrected chi connectivity index (χ2v) is 8.43. The van der Waals surface area contributed by atoms with Gasteiger partial charge >= 0.3 is 0 Å². The summed E-state index contributed by atoms with van der Waals surface area (Å²) in [5.41, 5.74) is 4.10. The van der Waals surface area contributed by atoms with Gasteiger partial charge in [0.1, 0.15) is 5.75 Å². The lowest BCUT2D eigenvalue weighted by atomic mass is 10.0. The molecule has 2 N–H and O–H groups in total. The summed E-state index contributed by atoms with van der Waals surface area (Å²) in [5, 5.41) is 16.0. The second kappa shape index (κ2) is 8.41. The Labute approximate surface area is 170 Å². The number of benzene rings is 3. The first kappa shape index (κ1) is 18.5. The minimum absolute atomic E-state index is 0.128. The van der Waals surface area contributed by atoms with Crippen LogP contribution < -0.4 is 5.43 Å². The Balaban J connectivity index is 1.33. The number of phenolic OH excluding ortho intramolecular Hbond substituents is 1. The van der Waals surface area contributed by atoms with Gasteiger partial charge in [-0.25, -0.2) is 10.4 Å². The van der Waals surface area contributed by atoms with Gasteiger partial charge in [0.25, 0.3) is 0 Å². The quantitative estimate of drug-likeness (QED) is 0.274. The molecular weight excluding hydrogens is 390 g/mol. The van der Waals surface area contributed by atoms with E-state index in [4.69, 9.17) is 0 Å². The zero-order chi connectivity index (χ0) is 19.3. The van der Waals surface area contributed by atoms with Crippen molar-refractivity contribution in [1.29, 1.82) is 0 Å². The van der Waals surface area contributed by atoms with E-state index in [1.165, 1.54) is 6.21 Å². The van der Waals surface area contributed by atoms with Crippen LogP contribution in [-0.4, -0.2) is 28.0 Å². The number of hydrogen-bond donors (Lipinski definition) is 2. The number of aromatic hydroxyl groups is 1. The number of hydrazone groups is 1. The molecule has 140 valence electrons. The minimum atomic E-state index is -0.176. The van der Waals surface area contributed by atoms with Gasteiger partial charge < -0.3 is 5.11 Å². The van der Waals surface area contributed by atoms with Crippen LogP contribution in [0.15, 0.2) is 70.1 Å². The minimum Gasteiger partial charge on any atom is -0.507 e. The molecule has 1 aromatic heterocycles. The molecule has 0 aliphatic carbocycles. The maximum absolute atomic E-state index is 12.0. The fourth-order valence-corrected chi connectivity index (χ4v) is 4.87. The summed E-state index contributed by atoms with van der Waals surface area (Å²) in [5.74, 6) is 0.577. The Morgan fingerprint density at radius 1 is 1.14 bits per heavy atom. The maximum atomic E-state index is 12.0. The molecule has 7 heteroatoms. The molecule has 5 nitrogen and oxygen atoms in total. The number of rotatable bonds is 6. The first-order valence-corrected chi connectivity index (χ1v) is 10.5. The van der Waals surface area contributed by atoms with Crippen LogP contribution in [0.3, 0.4) is 0 Å². The average Bonchev–Trinajstić information content (AvgIpc) is 3.12. The van der Waals surface area contributed by atoms with Crippen LogP contribution in [0, 0.1) is 0 Å². The monoisotopic (exact) mass is 407 g/mol. The number of fused-ring (bicyclic) bond motifs is 2. The van der Waals surface area contributed by atoms with Crippen molar-refractivity contribution in [2.45, 2.75) is 10.8 Å². The number of carbonyl (C=O) groups is 1. The highest BCUT2D eigenvalue weighted by Gasteiger charge is 2.07. The van der Waals surface area contributed by atoms with Crippen molar-refractivity contribution in [3.63, 3.8) is 0 Å². The van der Waals surface area contributed by atoms with E-state index in [0.29, 0.717) is 17.7 Å². The van der Waals surface area contributed by atoms with Crippen LogP contribution in [0.4, 0.5) is 0 Å². The number of nitrogens with one attached hydrogen (secondary N) is 1. The molecule has 0 fully saturated rings. The first-order chi connectivity index (χ1) is 13.7. The molecule has 0 aliphatic heterocycles. The molecule has 0 radical (unpaired) electrons. The van der Waals surface area contributed by atoms with Crippen molar-refractivity contribution < 1.29 is 9.90 Å². The normalized spacial score (nSPS) is 11.4. The summed E-state index contributed by atoms with van der Waals surface area (Å²) in [6, 6.07) is 19.2. The van der Waals surface area contributed by atoms with Gasteiger partial charge in [-0.1, -0.05) is 54.2 Å². The lowest BCUT2D eigenvalue weighted by Crippen LogP contribution is -2.17. The third kappa shape index (κ3) is 4.16. The molecule has 1 heterocycles. The molecule has 0 bridgehead atoms. The lowest BCUT2D eigenvalue weighted by molar-refractivity contribution is -0.120. The van der Waals surface area contributed by atoms with Crippen LogP contribution in [0.2, 0.25) is 0 Å². The molecule has 28 heavy (non-hydrogen) atoms. The number of thiazole rings is 1. The highest BCUT2D eigenvalue weighted by atomic mass is 32.2. The van der Waals surface area contributed by atoms with Crippen LogP contribution in [-0.2, 0) is 4.79 Å². The number of amides is 1. The summed E-state index contributed by atoms with van der Waals surface area (Å²) in [6.07, 6.45) is 1.82. The Hall–Kier alpha value is -2.90. The van der Waals surface area contributed by atoms with Gasteiger partial charge in [-0.2, -0.15) is 5.10 Å². The number of para-hydroxylation sites is 1. The largest absolute Gasteiger partial charge is 0.507 e. The zero-order valence-corrected chi connectivity index (χ0v) is 16.5. The second-order valence-electron chi connectivity index (χ2n) is 6.06. The Morgan fingerprint density at radius 3 is 2.86 bits per heavy atom. The topological polar surface area (TPSA) is 74.6 Å². The third-order valence-corrected chi connectivity index (χ3v) is 6.34.